The molecule has 0 saturated carbocycles. The van der Waals surface area contributed by atoms with Crippen LogP contribution in [0.5, 0.6) is 5.75 Å². The number of hydrogen-bond acceptors (Lipinski definition) is 6. The molecule has 1 aliphatic heterocycles. The van der Waals surface area contributed by atoms with Crippen LogP contribution in [0.25, 0.3) is 5.76 Å². The first-order valence-corrected chi connectivity index (χ1v) is 10.3. The zero-order valence-electron chi connectivity index (χ0n) is 16.1. The fraction of sp³-hybridized carbons (Fsp3) is 0.136. The third kappa shape index (κ3) is 3.36. The Morgan fingerprint density at radius 3 is 2.43 bits per heavy atom. The quantitative estimate of drug-likeness (QED) is 0.348. The number of phenolic OH excluding ortho intramolecular Hbond substituents is 1. The number of aryl methyl sites for hydroxylation is 2. The lowest BCUT2D eigenvalue weighted by Gasteiger charge is -2.23. The van der Waals surface area contributed by atoms with Crippen molar-refractivity contribution in [3.63, 3.8) is 0 Å². The first kappa shape index (κ1) is 20.1. The van der Waals surface area contributed by atoms with Crippen LogP contribution in [0.1, 0.15) is 27.7 Å². The number of carbonyl (C=O) groups is 2. The van der Waals surface area contributed by atoms with Gasteiger partial charge in [0.2, 0.25) is 0 Å². The van der Waals surface area contributed by atoms with Crippen molar-refractivity contribution < 1.29 is 19.8 Å². The van der Waals surface area contributed by atoms with Gasteiger partial charge in [0.05, 0.1) is 17.3 Å². The molecule has 0 spiro atoms. The molecule has 1 aromatic heterocycles. The normalized spacial score (nSPS) is 18.2. The van der Waals surface area contributed by atoms with E-state index in [1.807, 2.05) is 13.8 Å². The van der Waals surface area contributed by atoms with Gasteiger partial charge in [-0.15, -0.1) is 11.3 Å². The van der Waals surface area contributed by atoms with E-state index in [1.165, 1.54) is 28.4 Å². The van der Waals surface area contributed by atoms with Crippen molar-refractivity contribution in [2.24, 2.45) is 0 Å². The van der Waals surface area contributed by atoms with Crippen molar-refractivity contribution in [1.82, 2.24) is 4.98 Å². The molecule has 0 bridgehead atoms. The van der Waals surface area contributed by atoms with Gasteiger partial charge in [0.25, 0.3) is 5.78 Å². The number of aromatic nitrogens is 1. The number of ketones is 1. The second-order valence-electron chi connectivity index (χ2n) is 6.91. The summed E-state index contributed by atoms with van der Waals surface area (Å²) in [7, 11) is 0. The number of amides is 1. The molecule has 0 aliphatic carbocycles. The van der Waals surface area contributed by atoms with Gasteiger partial charge >= 0.3 is 5.91 Å². The van der Waals surface area contributed by atoms with Crippen molar-refractivity contribution >= 4 is 45.5 Å². The molecule has 6 nitrogen and oxygen atoms in total. The first-order valence-electron chi connectivity index (χ1n) is 9.08. The van der Waals surface area contributed by atoms with Crippen LogP contribution in [0.2, 0.25) is 5.02 Å². The summed E-state index contributed by atoms with van der Waals surface area (Å²) >= 11 is 7.22. The van der Waals surface area contributed by atoms with Crippen molar-refractivity contribution in [2.45, 2.75) is 19.9 Å². The monoisotopic (exact) mass is 440 g/mol. The van der Waals surface area contributed by atoms with Gasteiger partial charge in [-0.3, -0.25) is 14.5 Å². The summed E-state index contributed by atoms with van der Waals surface area (Å²) in [5.74, 6) is -1.93. The number of aliphatic hydroxyl groups excluding tert-OH is 1. The number of carbonyl (C=O) groups excluding carboxylic acids is 2. The van der Waals surface area contributed by atoms with Gasteiger partial charge in [-0.25, -0.2) is 4.98 Å². The van der Waals surface area contributed by atoms with E-state index < -0.39 is 17.7 Å². The summed E-state index contributed by atoms with van der Waals surface area (Å²) in [4.78, 5) is 32.7. The molecule has 2 N–H and O–H groups in total. The third-order valence-electron chi connectivity index (χ3n) is 4.97. The van der Waals surface area contributed by atoms with E-state index in [-0.39, 0.29) is 17.1 Å². The number of phenols is 1. The number of aliphatic hydroxyl groups is 1. The van der Waals surface area contributed by atoms with E-state index in [4.69, 9.17) is 11.6 Å². The Morgan fingerprint density at radius 1 is 1.13 bits per heavy atom. The number of Topliss-reactive ketones (excluding diaryl/α,β-unsaturated/α-hetero) is 1. The molecule has 152 valence electrons. The fourth-order valence-corrected chi connectivity index (χ4v) is 4.42. The lowest BCUT2D eigenvalue weighted by atomic mass is 9.95. The average Bonchev–Trinajstić information content (AvgIpc) is 3.18. The van der Waals surface area contributed by atoms with Gasteiger partial charge in [-0.05, 0) is 55.8 Å². The molecule has 1 aliphatic rings. The largest absolute Gasteiger partial charge is 0.508 e. The molecule has 1 atom stereocenters. The van der Waals surface area contributed by atoms with Crippen molar-refractivity contribution in [1.29, 1.82) is 0 Å². The summed E-state index contributed by atoms with van der Waals surface area (Å²) < 4.78 is 0. The highest BCUT2D eigenvalue weighted by Crippen LogP contribution is 2.44. The molecule has 1 saturated heterocycles. The molecule has 0 unspecified atom stereocenters. The number of halogens is 1. The zero-order valence-corrected chi connectivity index (χ0v) is 17.7. The number of benzene rings is 2. The molecule has 2 heterocycles. The maximum Gasteiger partial charge on any atom is 0.301 e. The lowest BCUT2D eigenvalue weighted by molar-refractivity contribution is -0.132. The van der Waals surface area contributed by atoms with Gasteiger partial charge in [0.15, 0.2) is 5.13 Å². The molecule has 8 heteroatoms. The second-order valence-corrected chi connectivity index (χ2v) is 8.53. The van der Waals surface area contributed by atoms with Crippen LogP contribution in [-0.2, 0) is 9.59 Å². The fourth-order valence-electron chi connectivity index (χ4n) is 3.36. The van der Waals surface area contributed by atoms with Crippen molar-refractivity contribution in [2.75, 3.05) is 4.90 Å². The Morgan fingerprint density at radius 2 is 1.83 bits per heavy atom. The van der Waals surface area contributed by atoms with E-state index in [0.29, 0.717) is 21.3 Å². The minimum absolute atomic E-state index is 0.0175. The van der Waals surface area contributed by atoms with Crippen LogP contribution in [-0.4, -0.2) is 26.9 Å². The molecular formula is C22H17ClN2O4S. The molecule has 30 heavy (non-hydrogen) atoms. The smallest absolute Gasteiger partial charge is 0.301 e. The summed E-state index contributed by atoms with van der Waals surface area (Å²) in [5.41, 5.74) is 1.52. The number of nitrogens with zero attached hydrogens (tertiary/aromatic N) is 2. The van der Waals surface area contributed by atoms with E-state index in [9.17, 15) is 19.8 Å². The van der Waals surface area contributed by atoms with E-state index in [1.54, 1.807) is 36.4 Å². The highest BCUT2D eigenvalue weighted by molar-refractivity contribution is 7.16. The van der Waals surface area contributed by atoms with E-state index in [0.717, 1.165) is 10.6 Å². The highest BCUT2D eigenvalue weighted by atomic mass is 35.5. The molecule has 0 radical (unpaired) electrons. The Kier molecular flexibility index (Phi) is 5.09. The maximum absolute atomic E-state index is 13.0. The van der Waals surface area contributed by atoms with Crippen LogP contribution in [0, 0.1) is 13.8 Å². The molecule has 1 fully saturated rings. The zero-order chi connectivity index (χ0) is 21.6. The minimum atomic E-state index is -0.933. The Hall–Kier alpha value is -3.16. The van der Waals surface area contributed by atoms with Crippen LogP contribution >= 0.6 is 22.9 Å². The Balaban J connectivity index is 1.96. The highest BCUT2D eigenvalue weighted by Gasteiger charge is 2.48. The standard InChI is InChI=1S/C22H17ClN2O4S/c1-11-12(2)30-22(24-11)25-18(14-4-3-5-16(26)10-14)17(20(28)21(25)29)19(27)13-6-8-15(23)9-7-13/h3-10,18,26-27H,1-2H3/b19-17-/t18-/m1/s1. The van der Waals surface area contributed by atoms with Gasteiger partial charge in [0.1, 0.15) is 11.5 Å². The van der Waals surface area contributed by atoms with Crippen LogP contribution < -0.4 is 4.90 Å². The summed E-state index contributed by atoms with van der Waals surface area (Å²) in [6.07, 6.45) is 0. The third-order valence-corrected chi connectivity index (χ3v) is 6.30. The number of rotatable bonds is 3. The molecular weight excluding hydrogens is 424 g/mol. The number of hydrogen-bond donors (Lipinski definition) is 2. The average molecular weight is 441 g/mol. The van der Waals surface area contributed by atoms with E-state index >= 15 is 0 Å². The van der Waals surface area contributed by atoms with Crippen molar-refractivity contribution in [3.05, 3.63) is 80.8 Å². The SMILES string of the molecule is Cc1nc(N2C(=O)C(=O)/C(=C(\O)c3ccc(Cl)cc3)[C@H]2c2cccc(O)c2)sc1C. The van der Waals surface area contributed by atoms with Crippen LogP contribution in [0.15, 0.2) is 54.1 Å². The van der Waals surface area contributed by atoms with Gasteiger partial charge < -0.3 is 10.2 Å². The van der Waals surface area contributed by atoms with Gasteiger partial charge in [-0.2, -0.15) is 0 Å². The molecule has 2 aromatic carbocycles. The summed E-state index contributed by atoms with van der Waals surface area (Å²) in [6.45, 7) is 3.70. The van der Waals surface area contributed by atoms with Crippen LogP contribution in [0.3, 0.4) is 0 Å². The number of anilines is 1. The minimum Gasteiger partial charge on any atom is -0.508 e. The molecule has 3 aromatic rings. The number of aromatic hydroxyl groups is 1. The summed E-state index contributed by atoms with van der Waals surface area (Å²) in [6, 6.07) is 11.6. The predicted molar refractivity (Wildman–Crippen MR) is 116 cm³/mol. The summed E-state index contributed by atoms with van der Waals surface area (Å²) in [5, 5.41) is 21.8. The molecule has 4 rings (SSSR count). The predicted octanol–water partition coefficient (Wildman–Crippen LogP) is 4.75. The Bertz CT molecular complexity index is 1180. The second kappa shape index (κ2) is 7.59. The topological polar surface area (TPSA) is 90.7 Å². The maximum atomic E-state index is 13.0. The van der Waals surface area contributed by atoms with Gasteiger partial charge in [-0.1, -0.05) is 23.7 Å². The number of thiazole rings is 1. The molecule has 1 amide bonds. The van der Waals surface area contributed by atoms with E-state index in [2.05, 4.69) is 4.98 Å². The Labute approximate surface area is 181 Å². The lowest BCUT2D eigenvalue weighted by Crippen LogP contribution is -2.29. The van der Waals surface area contributed by atoms with Crippen molar-refractivity contribution in [3.8, 4) is 5.75 Å². The first-order chi connectivity index (χ1) is 14.3. The van der Waals surface area contributed by atoms with Crippen LogP contribution in [0.4, 0.5) is 5.13 Å². The van der Waals surface area contributed by atoms with Gasteiger partial charge in [0, 0.05) is 15.5 Å².